The lowest BCUT2D eigenvalue weighted by Gasteiger charge is -2.32. The van der Waals surface area contributed by atoms with Gasteiger partial charge in [-0.3, -0.25) is 0 Å². The number of hydrogen-bond donors (Lipinski definition) is 1. The number of nitrogens with one attached hydrogen (secondary N) is 1. The van der Waals surface area contributed by atoms with Gasteiger partial charge in [-0.1, -0.05) is 6.07 Å². The minimum Gasteiger partial charge on any atom is -0.304 e. The summed E-state index contributed by atoms with van der Waals surface area (Å²) >= 11 is 0. The van der Waals surface area contributed by atoms with Gasteiger partial charge in [-0.2, -0.15) is 4.39 Å². The third-order valence-corrected chi connectivity index (χ3v) is 2.49. The average Bonchev–Trinajstić information content (AvgIpc) is 2.22. The molecule has 1 saturated heterocycles. The number of piperazine rings is 1. The number of hydrazine groups is 1. The van der Waals surface area contributed by atoms with E-state index in [1.165, 1.54) is 6.07 Å². The zero-order valence-electron chi connectivity index (χ0n) is 8.78. The molecule has 2 heterocycles. The molecule has 1 aliphatic heterocycles. The number of rotatable bonds is 2. The second-order valence-electron chi connectivity index (χ2n) is 3.75. The molecule has 0 atom stereocenters. The Hall–Kier alpha value is -1.20. The van der Waals surface area contributed by atoms with Crippen LogP contribution in [0.25, 0.3) is 0 Å². The molecule has 0 spiro atoms. The topological polar surface area (TPSA) is 31.4 Å². The van der Waals surface area contributed by atoms with Crippen LogP contribution in [0.1, 0.15) is 0 Å². The van der Waals surface area contributed by atoms with E-state index >= 15 is 0 Å². The van der Waals surface area contributed by atoms with Crippen LogP contribution in [0.3, 0.4) is 0 Å². The van der Waals surface area contributed by atoms with E-state index in [0.717, 1.165) is 26.2 Å². The molecule has 1 fully saturated rings. The van der Waals surface area contributed by atoms with Crippen molar-refractivity contribution >= 4 is 5.82 Å². The van der Waals surface area contributed by atoms with Gasteiger partial charge in [0.2, 0.25) is 5.95 Å². The number of hydrogen-bond acceptors (Lipinski definition) is 4. The number of nitrogens with zero attached hydrogens (tertiary/aromatic N) is 3. The Balaban J connectivity index is 1.92. The second kappa shape index (κ2) is 4.55. The molecule has 1 aromatic rings. The van der Waals surface area contributed by atoms with Gasteiger partial charge in [0.05, 0.1) is 0 Å². The molecular formula is C10H15FN4. The van der Waals surface area contributed by atoms with Crippen LogP contribution in [0.4, 0.5) is 10.2 Å². The number of halogens is 1. The minimum absolute atomic E-state index is 0.450. The molecule has 15 heavy (non-hydrogen) atoms. The molecule has 82 valence electrons. The number of pyridine rings is 1. The first kappa shape index (κ1) is 10.3. The maximum Gasteiger partial charge on any atom is 0.214 e. The van der Waals surface area contributed by atoms with E-state index in [-0.39, 0.29) is 0 Å². The van der Waals surface area contributed by atoms with Crippen LogP contribution in [0, 0.1) is 5.95 Å². The fourth-order valence-electron chi connectivity index (χ4n) is 1.55. The van der Waals surface area contributed by atoms with Crippen molar-refractivity contribution in [2.45, 2.75) is 0 Å². The molecule has 1 aromatic heterocycles. The Bertz CT molecular complexity index is 323. The lowest BCUT2D eigenvalue weighted by Crippen LogP contribution is -2.47. The molecule has 5 heteroatoms. The Morgan fingerprint density at radius 2 is 2.00 bits per heavy atom. The zero-order chi connectivity index (χ0) is 10.7. The van der Waals surface area contributed by atoms with E-state index in [0.29, 0.717) is 5.82 Å². The molecule has 0 amide bonds. The minimum atomic E-state index is -0.450. The number of likely N-dealkylation sites (N-methyl/N-ethyl adjacent to an activating group) is 1. The summed E-state index contributed by atoms with van der Waals surface area (Å²) in [5.74, 6) is 0.119. The van der Waals surface area contributed by atoms with Gasteiger partial charge in [0, 0.05) is 26.2 Å². The van der Waals surface area contributed by atoms with Crippen LogP contribution in [-0.4, -0.2) is 48.1 Å². The van der Waals surface area contributed by atoms with Crippen molar-refractivity contribution in [3.05, 3.63) is 24.1 Å². The monoisotopic (exact) mass is 210 g/mol. The van der Waals surface area contributed by atoms with Gasteiger partial charge >= 0.3 is 0 Å². The lowest BCUT2D eigenvalue weighted by atomic mass is 10.4. The first-order valence-corrected chi connectivity index (χ1v) is 5.07. The van der Waals surface area contributed by atoms with Crippen molar-refractivity contribution in [2.24, 2.45) is 0 Å². The Kier molecular flexibility index (Phi) is 3.13. The van der Waals surface area contributed by atoms with Crippen molar-refractivity contribution < 1.29 is 4.39 Å². The molecule has 0 bridgehead atoms. The largest absolute Gasteiger partial charge is 0.304 e. The predicted octanol–water partition coefficient (Wildman–Crippen LogP) is 0.795. The summed E-state index contributed by atoms with van der Waals surface area (Å²) < 4.78 is 12.8. The normalized spacial score (nSPS) is 19.1. The van der Waals surface area contributed by atoms with E-state index in [1.807, 2.05) is 0 Å². The summed E-state index contributed by atoms with van der Waals surface area (Å²) in [7, 11) is 2.10. The van der Waals surface area contributed by atoms with Gasteiger partial charge in [-0.15, -0.1) is 0 Å². The number of aromatic nitrogens is 1. The Morgan fingerprint density at radius 3 is 2.67 bits per heavy atom. The number of anilines is 1. The summed E-state index contributed by atoms with van der Waals surface area (Å²) in [4.78, 5) is 6.01. The van der Waals surface area contributed by atoms with E-state index in [2.05, 4.69) is 27.4 Å². The Labute approximate surface area is 88.7 Å². The van der Waals surface area contributed by atoms with Crippen molar-refractivity contribution in [1.82, 2.24) is 14.9 Å². The van der Waals surface area contributed by atoms with E-state index in [9.17, 15) is 4.39 Å². The van der Waals surface area contributed by atoms with Gasteiger partial charge in [0.1, 0.15) is 5.82 Å². The molecule has 1 N–H and O–H groups in total. The van der Waals surface area contributed by atoms with E-state index < -0.39 is 5.95 Å². The fourth-order valence-corrected chi connectivity index (χ4v) is 1.55. The fraction of sp³-hybridized carbons (Fsp3) is 0.500. The summed E-state index contributed by atoms with van der Waals surface area (Å²) in [5.41, 5.74) is 3.10. The average molecular weight is 210 g/mol. The van der Waals surface area contributed by atoms with Gasteiger partial charge in [0.25, 0.3) is 0 Å². The molecule has 1 aliphatic rings. The summed E-state index contributed by atoms with van der Waals surface area (Å²) in [6.07, 6.45) is 0. The van der Waals surface area contributed by atoms with Crippen molar-refractivity contribution in [3.63, 3.8) is 0 Å². The first-order chi connectivity index (χ1) is 7.24. The quantitative estimate of drug-likeness (QED) is 0.731. The van der Waals surface area contributed by atoms with Crippen LogP contribution in [0.5, 0.6) is 0 Å². The van der Waals surface area contributed by atoms with Gasteiger partial charge in [-0.25, -0.2) is 9.99 Å². The highest BCUT2D eigenvalue weighted by Gasteiger charge is 2.13. The van der Waals surface area contributed by atoms with Crippen molar-refractivity contribution in [2.75, 3.05) is 38.7 Å². The Morgan fingerprint density at radius 1 is 1.27 bits per heavy atom. The lowest BCUT2D eigenvalue weighted by molar-refractivity contribution is 0.178. The maximum atomic E-state index is 12.8. The predicted molar refractivity (Wildman–Crippen MR) is 56.9 cm³/mol. The van der Waals surface area contributed by atoms with Crippen LogP contribution in [0.2, 0.25) is 0 Å². The van der Waals surface area contributed by atoms with Gasteiger partial charge in [0.15, 0.2) is 0 Å². The third-order valence-electron chi connectivity index (χ3n) is 2.49. The molecule has 2 rings (SSSR count). The molecule has 0 radical (unpaired) electrons. The van der Waals surface area contributed by atoms with Crippen molar-refractivity contribution in [1.29, 1.82) is 0 Å². The van der Waals surface area contributed by atoms with E-state index in [4.69, 9.17) is 0 Å². The molecule has 4 nitrogen and oxygen atoms in total. The maximum absolute atomic E-state index is 12.8. The molecule has 0 saturated carbocycles. The summed E-state index contributed by atoms with van der Waals surface area (Å²) in [6.45, 7) is 3.88. The second-order valence-corrected chi connectivity index (χ2v) is 3.75. The highest BCUT2D eigenvalue weighted by Crippen LogP contribution is 2.06. The highest BCUT2D eigenvalue weighted by molar-refractivity contribution is 5.32. The highest BCUT2D eigenvalue weighted by atomic mass is 19.1. The third kappa shape index (κ3) is 2.87. The van der Waals surface area contributed by atoms with E-state index in [1.54, 1.807) is 12.1 Å². The SMILES string of the molecule is CN1CCN(Nc2cccc(F)n2)CC1. The standard InChI is InChI=1S/C10H15FN4/c1-14-5-7-15(8-6-14)13-10-4-2-3-9(11)12-10/h2-4H,5-8H2,1H3,(H,12,13). The summed E-state index contributed by atoms with van der Waals surface area (Å²) in [5, 5.41) is 2.06. The van der Waals surface area contributed by atoms with Crippen LogP contribution >= 0.6 is 0 Å². The first-order valence-electron chi connectivity index (χ1n) is 5.07. The zero-order valence-corrected chi connectivity index (χ0v) is 8.78. The smallest absolute Gasteiger partial charge is 0.214 e. The van der Waals surface area contributed by atoms with Crippen molar-refractivity contribution in [3.8, 4) is 0 Å². The molecule has 0 unspecified atom stereocenters. The molecular weight excluding hydrogens is 195 g/mol. The summed E-state index contributed by atoms with van der Waals surface area (Å²) in [6, 6.07) is 4.76. The van der Waals surface area contributed by atoms with Gasteiger partial charge < -0.3 is 10.3 Å². The van der Waals surface area contributed by atoms with Crippen LogP contribution < -0.4 is 5.43 Å². The van der Waals surface area contributed by atoms with Gasteiger partial charge in [-0.05, 0) is 19.2 Å². The molecule has 0 aliphatic carbocycles. The van der Waals surface area contributed by atoms with Crippen LogP contribution in [-0.2, 0) is 0 Å². The molecule has 0 aromatic carbocycles. The van der Waals surface area contributed by atoms with Crippen LogP contribution in [0.15, 0.2) is 18.2 Å².